The Morgan fingerprint density at radius 1 is 0.783 bits per heavy atom. The summed E-state index contributed by atoms with van der Waals surface area (Å²) in [6, 6.07) is 8.40. The number of carbonyl (C=O) groups is 5. The lowest BCUT2D eigenvalue weighted by Crippen LogP contribution is -2.55. The second-order valence-corrected chi connectivity index (χ2v) is 13.0. The average Bonchev–Trinajstić information content (AvgIpc) is 3.20. The van der Waals surface area contributed by atoms with Crippen molar-refractivity contribution < 1.29 is 52.8 Å². The van der Waals surface area contributed by atoms with E-state index in [1.54, 1.807) is 76.3 Å². The van der Waals surface area contributed by atoms with Crippen LogP contribution in [0, 0.1) is 23.2 Å². The van der Waals surface area contributed by atoms with Gasteiger partial charge in [0.1, 0.15) is 24.4 Å². The molecule has 0 saturated heterocycles. The maximum Gasteiger partial charge on any atom is 0.338 e. The molecular formula is C35H46O11. The maximum absolute atomic E-state index is 13.4. The van der Waals surface area contributed by atoms with Gasteiger partial charge < -0.3 is 28.8 Å². The molecule has 46 heavy (non-hydrogen) atoms. The normalized spacial score (nSPS) is 32.3. The van der Waals surface area contributed by atoms with Crippen molar-refractivity contribution >= 4 is 29.8 Å². The van der Waals surface area contributed by atoms with Gasteiger partial charge in [0.25, 0.3) is 0 Å². The van der Waals surface area contributed by atoms with Gasteiger partial charge in [-0.2, -0.15) is 0 Å². The summed E-state index contributed by atoms with van der Waals surface area (Å²) in [5.74, 6) is -5.17. The van der Waals surface area contributed by atoms with Crippen LogP contribution in [0.5, 0.6) is 0 Å². The third-order valence-electron chi connectivity index (χ3n) is 8.63. The van der Waals surface area contributed by atoms with Crippen molar-refractivity contribution in [1.82, 2.24) is 0 Å². The second-order valence-electron chi connectivity index (χ2n) is 13.0. The van der Waals surface area contributed by atoms with Crippen LogP contribution >= 0.6 is 0 Å². The molecule has 2 aliphatic carbocycles. The number of ether oxygens (including phenoxy) is 5. The number of carbonyl (C=O) groups excluding carboxylic acids is 5. The average molecular weight is 643 g/mol. The summed E-state index contributed by atoms with van der Waals surface area (Å²) >= 11 is 0. The van der Waals surface area contributed by atoms with E-state index in [9.17, 15) is 29.1 Å². The third-order valence-corrected chi connectivity index (χ3v) is 8.63. The van der Waals surface area contributed by atoms with E-state index in [1.807, 2.05) is 6.92 Å². The molecule has 1 aromatic carbocycles. The summed E-state index contributed by atoms with van der Waals surface area (Å²) in [6.45, 7) is 13.6. The summed E-state index contributed by atoms with van der Waals surface area (Å²) in [6.07, 6.45) is -0.733. The zero-order chi connectivity index (χ0) is 34.6. The summed E-state index contributed by atoms with van der Waals surface area (Å²) in [4.78, 5) is 63.4. The highest BCUT2D eigenvalue weighted by Gasteiger charge is 2.62. The van der Waals surface area contributed by atoms with Crippen LogP contribution in [0.25, 0.3) is 0 Å². The Morgan fingerprint density at radius 2 is 1.35 bits per heavy atom. The molecule has 0 spiro atoms. The molecule has 1 unspecified atom stereocenters. The molecule has 252 valence electrons. The lowest BCUT2D eigenvalue weighted by Gasteiger charge is -2.44. The van der Waals surface area contributed by atoms with Crippen molar-refractivity contribution in [2.24, 2.45) is 23.2 Å². The van der Waals surface area contributed by atoms with Crippen LogP contribution in [0.15, 0.2) is 54.1 Å². The Labute approximate surface area is 270 Å². The molecule has 3 rings (SSSR count). The van der Waals surface area contributed by atoms with Gasteiger partial charge in [-0.05, 0) is 37.0 Å². The van der Waals surface area contributed by atoms with Crippen LogP contribution in [-0.2, 0) is 42.9 Å². The number of aliphatic hydroxyl groups is 1. The molecule has 1 aromatic rings. The van der Waals surface area contributed by atoms with Crippen LogP contribution in [0.3, 0.4) is 0 Å². The van der Waals surface area contributed by atoms with E-state index in [4.69, 9.17) is 23.7 Å². The standard InChI is InChI=1S/C35H46O11/c1-19-15-16-34(8,9)32(44-24(6)38)30(42-22(4)36)28(40)20(2)17-27-29(45-33(41)26-13-11-10-12-14-26)21(3)18-35(27,46-25(7)39)31(19)43-23(5)37/h10-17,19,21,27-32,40H,18H2,1-9H3/t19-,21-,27+,28?,29+,30-,31-,32-,35+/m0/s1. The molecule has 0 bridgehead atoms. The predicted octanol–water partition coefficient (Wildman–Crippen LogP) is 4.50. The molecule has 0 radical (unpaired) electrons. The SMILES string of the molecule is CC(=O)O[C@H]1C(O)C(C)=C[C@@H]2[C@H](OC(=O)c3ccccc3)[C@@H](C)C[C@]2(OC(C)=O)[C@@H](OC(C)=O)[C@@H](C)C=CC(C)(C)[C@H]1OC(C)=O. The quantitative estimate of drug-likeness (QED) is 0.265. The Kier molecular flexibility index (Phi) is 11.6. The number of rotatable bonds is 6. The fourth-order valence-electron chi connectivity index (χ4n) is 6.69. The smallest absolute Gasteiger partial charge is 0.338 e. The van der Waals surface area contributed by atoms with Crippen molar-refractivity contribution in [1.29, 1.82) is 0 Å². The molecule has 2 aliphatic rings. The van der Waals surface area contributed by atoms with Gasteiger partial charge in [0.2, 0.25) is 0 Å². The summed E-state index contributed by atoms with van der Waals surface area (Å²) in [5, 5.41) is 11.8. The lowest BCUT2D eigenvalue weighted by molar-refractivity contribution is -0.195. The number of esters is 5. The van der Waals surface area contributed by atoms with Gasteiger partial charge in [0.05, 0.1) is 11.5 Å². The Hall–Kier alpha value is -3.99. The number of hydrogen-bond acceptors (Lipinski definition) is 11. The van der Waals surface area contributed by atoms with Crippen molar-refractivity contribution in [3.8, 4) is 0 Å². The van der Waals surface area contributed by atoms with Crippen molar-refractivity contribution in [3.05, 3.63) is 59.7 Å². The number of benzene rings is 1. The predicted molar refractivity (Wildman–Crippen MR) is 166 cm³/mol. The minimum atomic E-state index is -1.54. The van der Waals surface area contributed by atoms with Crippen LogP contribution in [0.1, 0.15) is 79.1 Å². The van der Waals surface area contributed by atoms with E-state index in [1.165, 1.54) is 27.7 Å². The van der Waals surface area contributed by atoms with Crippen LogP contribution in [0.2, 0.25) is 0 Å². The minimum absolute atomic E-state index is 0.146. The number of aliphatic hydroxyl groups excluding tert-OH is 1. The fraction of sp³-hybridized carbons (Fsp3) is 0.571. The van der Waals surface area contributed by atoms with E-state index in [2.05, 4.69) is 0 Å². The highest BCUT2D eigenvalue weighted by molar-refractivity contribution is 5.89. The first-order valence-corrected chi connectivity index (χ1v) is 15.4. The molecular weight excluding hydrogens is 596 g/mol. The zero-order valence-corrected chi connectivity index (χ0v) is 28.0. The van der Waals surface area contributed by atoms with Crippen molar-refractivity contribution in [2.45, 2.75) is 105 Å². The van der Waals surface area contributed by atoms with E-state index in [-0.39, 0.29) is 12.0 Å². The molecule has 0 aliphatic heterocycles. The second kappa shape index (κ2) is 14.6. The fourth-order valence-corrected chi connectivity index (χ4v) is 6.69. The number of hydrogen-bond donors (Lipinski definition) is 1. The van der Waals surface area contributed by atoms with E-state index < -0.39 is 89.1 Å². The number of fused-ring (bicyclic) bond motifs is 1. The first kappa shape index (κ1) is 36.5. The van der Waals surface area contributed by atoms with Crippen LogP contribution in [0.4, 0.5) is 0 Å². The highest BCUT2D eigenvalue weighted by Crippen LogP contribution is 2.51. The third kappa shape index (κ3) is 8.23. The first-order valence-electron chi connectivity index (χ1n) is 15.4. The first-order chi connectivity index (χ1) is 21.4. The highest BCUT2D eigenvalue weighted by atomic mass is 16.6. The Morgan fingerprint density at radius 3 is 1.89 bits per heavy atom. The molecule has 9 atom stereocenters. The van der Waals surface area contributed by atoms with E-state index >= 15 is 0 Å². The van der Waals surface area contributed by atoms with E-state index in [0.29, 0.717) is 5.56 Å². The molecule has 0 aromatic heterocycles. The molecule has 11 heteroatoms. The van der Waals surface area contributed by atoms with Gasteiger partial charge in [-0.1, -0.05) is 64.1 Å². The van der Waals surface area contributed by atoms with Gasteiger partial charge in [-0.3, -0.25) is 19.2 Å². The lowest BCUT2D eigenvalue weighted by atomic mass is 9.74. The summed E-state index contributed by atoms with van der Waals surface area (Å²) in [5.41, 5.74) is -2.00. The van der Waals surface area contributed by atoms with Crippen molar-refractivity contribution in [2.75, 3.05) is 0 Å². The minimum Gasteiger partial charge on any atom is -0.458 e. The maximum atomic E-state index is 13.4. The molecule has 11 nitrogen and oxygen atoms in total. The van der Waals surface area contributed by atoms with Gasteiger partial charge in [0.15, 0.2) is 11.7 Å². The molecule has 0 heterocycles. The molecule has 0 amide bonds. The van der Waals surface area contributed by atoms with Crippen molar-refractivity contribution in [3.63, 3.8) is 0 Å². The summed E-state index contributed by atoms with van der Waals surface area (Å²) in [7, 11) is 0. The van der Waals surface area contributed by atoms with Gasteiger partial charge in [0, 0.05) is 39.0 Å². The van der Waals surface area contributed by atoms with Crippen LogP contribution in [-0.4, -0.2) is 71.1 Å². The monoisotopic (exact) mass is 642 g/mol. The van der Waals surface area contributed by atoms with Gasteiger partial charge >= 0.3 is 29.8 Å². The topological polar surface area (TPSA) is 152 Å². The van der Waals surface area contributed by atoms with Gasteiger partial charge in [-0.15, -0.1) is 0 Å². The molecule has 1 fully saturated rings. The van der Waals surface area contributed by atoms with E-state index in [0.717, 1.165) is 0 Å². The Bertz CT molecular complexity index is 1360. The Balaban J connectivity index is 2.34. The largest absolute Gasteiger partial charge is 0.458 e. The molecule has 1 N–H and O–H groups in total. The zero-order valence-electron chi connectivity index (χ0n) is 28.0. The van der Waals surface area contributed by atoms with Gasteiger partial charge in [-0.25, -0.2) is 4.79 Å². The summed E-state index contributed by atoms with van der Waals surface area (Å²) < 4.78 is 29.5. The van der Waals surface area contributed by atoms with Crippen LogP contribution < -0.4 is 0 Å². The molecule has 1 saturated carbocycles.